The summed E-state index contributed by atoms with van der Waals surface area (Å²) in [5.74, 6) is 0. The number of hydrogen-bond donors (Lipinski definition) is 0. The topological polar surface area (TPSA) is 39.4 Å². The summed E-state index contributed by atoms with van der Waals surface area (Å²) in [6.45, 7) is 2.03. The highest BCUT2D eigenvalue weighted by Crippen LogP contribution is 2.13. The fourth-order valence-electron chi connectivity index (χ4n) is 0.820. The molecule has 0 saturated heterocycles. The molecular formula is C7H6N3S. The van der Waals surface area contributed by atoms with Gasteiger partial charge in [0.25, 0.3) is 0 Å². The molecule has 2 rings (SSSR count). The number of thiazole rings is 1. The van der Waals surface area contributed by atoms with E-state index in [1.807, 2.05) is 19.2 Å². The summed E-state index contributed by atoms with van der Waals surface area (Å²) < 4.78 is 0. The van der Waals surface area contributed by atoms with Gasteiger partial charge in [0, 0.05) is 11.1 Å². The molecule has 0 spiro atoms. The number of rotatable bonds is 1. The molecular weight excluding hydrogens is 158 g/mol. The molecule has 3 nitrogen and oxygen atoms in total. The Labute approximate surface area is 68.5 Å². The van der Waals surface area contributed by atoms with Crippen molar-refractivity contribution >= 4 is 17.0 Å². The molecule has 4 heteroatoms. The highest BCUT2D eigenvalue weighted by molar-refractivity contribution is 7.13. The average molecular weight is 164 g/mol. The van der Waals surface area contributed by atoms with Gasteiger partial charge in [-0.1, -0.05) is 0 Å². The van der Waals surface area contributed by atoms with Gasteiger partial charge in [-0.3, -0.25) is 0 Å². The monoisotopic (exact) mass is 164 g/mol. The zero-order valence-electron chi connectivity index (χ0n) is 5.98. The Balaban J connectivity index is 2.36. The molecule has 0 atom stereocenters. The fraction of sp³-hybridized carbons (Fsp3) is 0.143. The Bertz CT molecular complexity index is 324. The van der Waals surface area contributed by atoms with Crippen LogP contribution in [0.1, 0.15) is 9.88 Å². The van der Waals surface area contributed by atoms with Crippen LogP contribution >= 0.6 is 11.3 Å². The van der Waals surface area contributed by atoms with Crippen molar-refractivity contribution in [2.45, 2.75) is 6.92 Å². The van der Waals surface area contributed by atoms with Crippen molar-refractivity contribution in [3.8, 4) is 0 Å². The fourth-order valence-corrected chi connectivity index (χ4v) is 1.55. The molecule has 0 unspecified atom stereocenters. The van der Waals surface area contributed by atoms with Crippen molar-refractivity contribution in [2.75, 3.05) is 0 Å². The Morgan fingerprint density at radius 3 is 2.91 bits per heavy atom. The van der Waals surface area contributed by atoms with Crippen LogP contribution in [0.2, 0.25) is 0 Å². The minimum atomic E-state index is 0.864. The lowest BCUT2D eigenvalue weighted by atomic mass is 10.4. The van der Waals surface area contributed by atoms with Crippen LogP contribution in [-0.2, 0) is 0 Å². The molecule has 0 aliphatic carbocycles. The van der Waals surface area contributed by atoms with E-state index in [1.165, 1.54) is 4.88 Å². The molecule has 0 amide bonds. The van der Waals surface area contributed by atoms with E-state index in [0.717, 1.165) is 10.7 Å². The second kappa shape index (κ2) is 2.47. The predicted molar refractivity (Wildman–Crippen MR) is 44.7 cm³/mol. The third kappa shape index (κ3) is 1.17. The zero-order chi connectivity index (χ0) is 7.68. The van der Waals surface area contributed by atoms with Crippen LogP contribution in [0.5, 0.6) is 0 Å². The Morgan fingerprint density at radius 2 is 2.36 bits per heavy atom. The minimum absolute atomic E-state index is 0.864. The lowest BCUT2D eigenvalue weighted by Gasteiger charge is -1.85. The second-order valence-corrected chi connectivity index (χ2v) is 3.43. The molecule has 0 aromatic carbocycles. The molecule has 1 radical (unpaired) electrons. The molecule has 1 aliphatic rings. The number of aromatic nitrogens is 1. The maximum atomic E-state index is 4.17. The summed E-state index contributed by atoms with van der Waals surface area (Å²) in [7, 11) is 0. The van der Waals surface area contributed by atoms with Crippen molar-refractivity contribution in [2.24, 2.45) is 5.10 Å². The second-order valence-electron chi connectivity index (χ2n) is 2.19. The first kappa shape index (κ1) is 6.54. The summed E-state index contributed by atoms with van der Waals surface area (Å²) in [5, 5.41) is 4.84. The average Bonchev–Trinajstić information content (AvgIpc) is 2.55. The van der Waals surface area contributed by atoms with Crippen molar-refractivity contribution < 1.29 is 0 Å². The van der Waals surface area contributed by atoms with E-state index < -0.39 is 0 Å². The summed E-state index contributed by atoms with van der Waals surface area (Å²) in [4.78, 5) is 5.37. The molecule has 11 heavy (non-hydrogen) atoms. The molecule has 1 aliphatic heterocycles. The van der Waals surface area contributed by atoms with E-state index in [4.69, 9.17) is 0 Å². The van der Waals surface area contributed by atoms with Crippen LogP contribution in [0.3, 0.4) is 0 Å². The Morgan fingerprint density at radius 1 is 1.45 bits per heavy atom. The van der Waals surface area contributed by atoms with Crippen LogP contribution in [0.15, 0.2) is 23.6 Å². The number of hydrogen-bond acceptors (Lipinski definition) is 3. The standard InChI is InChI=1S/C7H6N3S/c1-5-4-8-7(11-5)6-2-3-9-10-6/h2-4H,1H3. The molecule has 2 heterocycles. The van der Waals surface area contributed by atoms with E-state index in [9.17, 15) is 0 Å². The molecule has 1 aromatic rings. The van der Waals surface area contributed by atoms with Gasteiger partial charge in [0.15, 0.2) is 0 Å². The number of allylic oxidation sites excluding steroid dienone is 1. The van der Waals surface area contributed by atoms with Gasteiger partial charge in [-0.2, -0.15) is 5.43 Å². The largest absolute Gasteiger partial charge is 0.243 e. The highest BCUT2D eigenvalue weighted by atomic mass is 32.1. The van der Waals surface area contributed by atoms with Gasteiger partial charge in [-0.25, -0.2) is 4.98 Å². The van der Waals surface area contributed by atoms with Gasteiger partial charge in [0.05, 0.1) is 6.20 Å². The van der Waals surface area contributed by atoms with E-state index in [-0.39, 0.29) is 0 Å². The van der Waals surface area contributed by atoms with Crippen molar-refractivity contribution in [1.29, 1.82) is 0 Å². The van der Waals surface area contributed by atoms with Gasteiger partial charge in [-0.15, -0.1) is 16.4 Å². The number of nitrogens with zero attached hydrogens (tertiary/aromatic N) is 3. The minimum Gasteiger partial charge on any atom is -0.243 e. The van der Waals surface area contributed by atoms with Crippen LogP contribution in [0, 0.1) is 6.92 Å². The maximum Gasteiger partial charge on any atom is 0.143 e. The summed E-state index contributed by atoms with van der Waals surface area (Å²) in [6, 6.07) is 0. The first-order chi connectivity index (χ1) is 5.36. The summed E-state index contributed by atoms with van der Waals surface area (Å²) >= 11 is 1.63. The normalized spacial score (nSPS) is 14.8. The predicted octanol–water partition coefficient (Wildman–Crippen LogP) is 1.29. The Hall–Kier alpha value is -1.16. The number of aryl methyl sites for hydroxylation is 1. The van der Waals surface area contributed by atoms with Crippen molar-refractivity contribution in [1.82, 2.24) is 10.4 Å². The summed E-state index contributed by atoms with van der Waals surface area (Å²) in [5.41, 5.74) is 4.59. The molecule has 55 valence electrons. The molecule has 1 aromatic heterocycles. The Kier molecular flexibility index (Phi) is 1.47. The van der Waals surface area contributed by atoms with Gasteiger partial charge in [-0.05, 0) is 13.0 Å². The quantitative estimate of drug-likeness (QED) is 0.616. The first-order valence-corrected chi connectivity index (χ1v) is 4.05. The van der Waals surface area contributed by atoms with Gasteiger partial charge in [0.2, 0.25) is 0 Å². The van der Waals surface area contributed by atoms with Crippen molar-refractivity contribution in [3.05, 3.63) is 28.4 Å². The first-order valence-electron chi connectivity index (χ1n) is 3.23. The zero-order valence-corrected chi connectivity index (χ0v) is 6.80. The third-order valence-corrected chi connectivity index (χ3v) is 2.24. The van der Waals surface area contributed by atoms with E-state index >= 15 is 0 Å². The van der Waals surface area contributed by atoms with Gasteiger partial charge < -0.3 is 0 Å². The SMILES string of the molecule is Cc1cnc(C2=N[N]C=C2)s1. The van der Waals surface area contributed by atoms with Crippen LogP contribution in [0.4, 0.5) is 0 Å². The maximum absolute atomic E-state index is 4.17. The lowest BCUT2D eigenvalue weighted by Crippen LogP contribution is -1.91. The van der Waals surface area contributed by atoms with Gasteiger partial charge in [0.1, 0.15) is 10.7 Å². The smallest absolute Gasteiger partial charge is 0.143 e. The van der Waals surface area contributed by atoms with Crippen LogP contribution < -0.4 is 5.43 Å². The van der Waals surface area contributed by atoms with Gasteiger partial charge >= 0.3 is 0 Å². The third-order valence-electron chi connectivity index (χ3n) is 1.30. The molecule has 0 bridgehead atoms. The van der Waals surface area contributed by atoms with E-state index in [1.54, 1.807) is 17.5 Å². The van der Waals surface area contributed by atoms with Crippen LogP contribution in [0.25, 0.3) is 0 Å². The lowest BCUT2D eigenvalue weighted by molar-refractivity contribution is 0.972. The van der Waals surface area contributed by atoms with Crippen molar-refractivity contribution in [3.63, 3.8) is 0 Å². The van der Waals surface area contributed by atoms with Crippen LogP contribution in [-0.4, -0.2) is 10.7 Å². The molecule has 0 saturated carbocycles. The van der Waals surface area contributed by atoms with E-state index in [0.29, 0.717) is 0 Å². The summed E-state index contributed by atoms with van der Waals surface area (Å²) in [6.07, 6.45) is 5.37. The van der Waals surface area contributed by atoms with E-state index in [2.05, 4.69) is 15.5 Å². The molecule has 0 N–H and O–H groups in total. The highest BCUT2D eigenvalue weighted by Gasteiger charge is 2.07. The molecule has 0 fully saturated rings.